The Balaban J connectivity index is 2.82. The third kappa shape index (κ3) is 10.2. The summed E-state index contributed by atoms with van der Waals surface area (Å²) in [5.41, 5.74) is 0. The zero-order valence-electron chi connectivity index (χ0n) is 7.14. The molecule has 1 nitrogen and oxygen atoms in total. The minimum atomic E-state index is -2.33. The molecule has 74 valence electrons. The molecule has 0 unspecified atom stereocenters. The van der Waals surface area contributed by atoms with Crippen molar-refractivity contribution in [2.45, 2.75) is 32.1 Å². The molecular weight excluding hydrogens is 182 g/mol. The molecule has 0 atom stereocenters. The minimum Gasteiger partial charge on any atom is -0.376 e. The molecule has 0 aliphatic carbocycles. The lowest BCUT2D eigenvalue weighted by Gasteiger charge is -2.02. The van der Waals surface area contributed by atoms with E-state index in [1.54, 1.807) is 0 Å². The van der Waals surface area contributed by atoms with Gasteiger partial charge >= 0.3 is 0 Å². The van der Waals surface area contributed by atoms with Crippen LogP contribution in [0.1, 0.15) is 25.7 Å². The fourth-order valence-electron chi connectivity index (χ4n) is 0.842. The second-order valence-corrected chi connectivity index (χ2v) is 3.05. The van der Waals surface area contributed by atoms with Crippen LogP contribution in [0.5, 0.6) is 0 Å². The predicted octanol–water partition coefficient (Wildman–Crippen LogP) is 2.76. The van der Waals surface area contributed by atoms with E-state index < -0.39 is 13.0 Å². The molecule has 0 aliphatic rings. The number of unbranched alkanes of at least 4 members (excludes halogenated alkanes) is 3. The molecule has 0 amide bonds. The van der Waals surface area contributed by atoms with Gasteiger partial charge in [-0.3, -0.25) is 0 Å². The van der Waals surface area contributed by atoms with E-state index in [1.165, 1.54) is 0 Å². The van der Waals surface area contributed by atoms with Crippen LogP contribution in [0.3, 0.4) is 0 Å². The van der Waals surface area contributed by atoms with Crippen molar-refractivity contribution in [2.24, 2.45) is 0 Å². The van der Waals surface area contributed by atoms with Crippen LogP contribution in [0, 0.1) is 0 Å². The third-order valence-electron chi connectivity index (χ3n) is 1.44. The van der Waals surface area contributed by atoms with Gasteiger partial charge in [0.05, 0.1) is 0 Å². The molecule has 0 bridgehead atoms. The van der Waals surface area contributed by atoms with Gasteiger partial charge in [0.1, 0.15) is 6.61 Å². The zero-order valence-corrected chi connectivity index (χ0v) is 8.03. The maximum atomic E-state index is 11.5. The molecule has 0 rings (SSSR count). The van der Waals surface area contributed by atoms with E-state index in [9.17, 15) is 8.78 Å². The average Bonchev–Trinajstić information content (AvgIpc) is 2.02. The topological polar surface area (TPSA) is 9.23 Å². The highest BCUT2D eigenvalue weighted by atomic mass is 32.1. The Morgan fingerprint density at radius 1 is 1.08 bits per heavy atom. The summed E-state index contributed by atoms with van der Waals surface area (Å²) in [7, 11) is 0. The first-order valence-electron chi connectivity index (χ1n) is 4.24. The van der Waals surface area contributed by atoms with Gasteiger partial charge in [0.15, 0.2) is 0 Å². The molecule has 0 aromatic rings. The van der Waals surface area contributed by atoms with E-state index in [-0.39, 0.29) is 0 Å². The number of hydrogen-bond acceptors (Lipinski definition) is 2. The Morgan fingerprint density at radius 2 is 1.75 bits per heavy atom. The number of hydrogen-bond donors (Lipinski definition) is 1. The van der Waals surface area contributed by atoms with Gasteiger partial charge in [-0.25, -0.2) is 8.78 Å². The lowest BCUT2D eigenvalue weighted by atomic mass is 10.2. The van der Waals surface area contributed by atoms with Crippen molar-refractivity contribution in [3.8, 4) is 0 Å². The van der Waals surface area contributed by atoms with Crippen molar-refractivity contribution in [2.75, 3.05) is 19.0 Å². The molecule has 0 fully saturated rings. The molecule has 0 aromatic heterocycles. The van der Waals surface area contributed by atoms with Crippen LogP contribution in [0.2, 0.25) is 0 Å². The van der Waals surface area contributed by atoms with Crippen molar-refractivity contribution in [3.63, 3.8) is 0 Å². The summed E-state index contributed by atoms with van der Waals surface area (Å²) in [5, 5.41) is 0. The first-order valence-corrected chi connectivity index (χ1v) is 4.87. The maximum Gasteiger partial charge on any atom is 0.261 e. The summed E-state index contributed by atoms with van der Waals surface area (Å²) in [5.74, 6) is 0.901. The highest BCUT2D eigenvalue weighted by molar-refractivity contribution is 7.80. The fraction of sp³-hybridized carbons (Fsp3) is 1.00. The van der Waals surface area contributed by atoms with Crippen molar-refractivity contribution in [3.05, 3.63) is 0 Å². The Bertz CT molecular complexity index is 91.1. The van der Waals surface area contributed by atoms with Crippen LogP contribution in [0.25, 0.3) is 0 Å². The smallest absolute Gasteiger partial charge is 0.261 e. The lowest BCUT2D eigenvalue weighted by Crippen LogP contribution is -2.05. The summed E-state index contributed by atoms with van der Waals surface area (Å²) < 4.78 is 27.8. The first kappa shape index (κ1) is 12.2. The predicted molar refractivity (Wildman–Crippen MR) is 49.1 cm³/mol. The highest BCUT2D eigenvalue weighted by Gasteiger charge is 2.00. The van der Waals surface area contributed by atoms with Crippen molar-refractivity contribution >= 4 is 12.6 Å². The van der Waals surface area contributed by atoms with E-state index in [2.05, 4.69) is 12.6 Å². The normalized spacial score (nSPS) is 11.0. The number of ether oxygens (including phenoxy) is 1. The Hall–Kier alpha value is 0.170. The van der Waals surface area contributed by atoms with E-state index in [1.807, 2.05) is 0 Å². The standard InChI is InChI=1S/C8H16F2OS/c9-8(10)7-11-5-3-1-2-4-6-12/h8,12H,1-7H2. The maximum absolute atomic E-state index is 11.5. The number of rotatable bonds is 8. The number of halogens is 2. The molecule has 0 aromatic carbocycles. The second-order valence-electron chi connectivity index (χ2n) is 2.60. The largest absolute Gasteiger partial charge is 0.376 e. The van der Waals surface area contributed by atoms with E-state index >= 15 is 0 Å². The van der Waals surface area contributed by atoms with Crippen LogP contribution < -0.4 is 0 Å². The average molecular weight is 198 g/mol. The van der Waals surface area contributed by atoms with Crippen LogP contribution in [0.15, 0.2) is 0 Å². The molecule has 0 N–H and O–H groups in total. The van der Waals surface area contributed by atoms with Gasteiger partial charge in [-0.1, -0.05) is 12.8 Å². The quantitative estimate of drug-likeness (QED) is 0.466. The number of thiol groups is 1. The van der Waals surface area contributed by atoms with Crippen molar-refractivity contribution in [1.29, 1.82) is 0 Å². The van der Waals surface area contributed by atoms with Crippen molar-refractivity contribution < 1.29 is 13.5 Å². The molecule has 0 spiro atoms. The molecule has 0 aliphatic heterocycles. The molecule has 0 radical (unpaired) electrons. The van der Waals surface area contributed by atoms with Crippen LogP contribution in [-0.4, -0.2) is 25.4 Å². The van der Waals surface area contributed by atoms with Gasteiger partial charge in [-0.05, 0) is 18.6 Å². The Kier molecular flexibility index (Phi) is 9.39. The summed E-state index contributed by atoms with van der Waals surface area (Å²) in [6, 6.07) is 0. The first-order chi connectivity index (χ1) is 5.77. The van der Waals surface area contributed by atoms with Gasteiger partial charge in [0, 0.05) is 6.61 Å². The van der Waals surface area contributed by atoms with E-state index in [4.69, 9.17) is 4.74 Å². The SMILES string of the molecule is FC(F)COCCCCCCS. The lowest BCUT2D eigenvalue weighted by molar-refractivity contribution is 0.0162. The van der Waals surface area contributed by atoms with E-state index in [0.717, 1.165) is 31.4 Å². The zero-order chi connectivity index (χ0) is 9.23. The van der Waals surface area contributed by atoms with E-state index in [0.29, 0.717) is 6.61 Å². The molecule has 0 heterocycles. The molecule has 0 saturated heterocycles. The third-order valence-corrected chi connectivity index (χ3v) is 1.76. The van der Waals surface area contributed by atoms with Gasteiger partial charge in [0.2, 0.25) is 0 Å². The second kappa shape index (κ2) is 9.26. The minimum absolute atomic E-state index is 0.424. The summed E-state index contributed by atoms with van der Waals surface area (Å²) >= 11 is 4.06. The van der Waals surface area contributed by atoms with Crippen LogP contribution >= 0.6 is 12.6 Å². The van der Waals surface area contributed by atoms with Crippen LogP contribution in [0.4, 0.5) is 8.78 Å². The molecular formula is C8H16F2OS. The highest BCUT2D eigenvalue weighted by Crippen LogP contribution is 2.01. The van der Waals surface area contributed by atoms with Gasteiger partial charge in [0.25, 0.3) is 6.43 Å². The molecule has 0 saturated carbocycles. The monoisotopic (exact) mass is 198 g/mol. The Morgan fingerprint density at radius 3 is 2.33 bits per heavy atom. The fourth-order valence-corrected chi connectivity index (χ4v) is 1.07. The Labute approximate surface area is 77.9 Å². The summed E-state index contributed by atoms with van der Waals surface area (Å²) in [4.78, 5) is 0. The number of alkyl halides is 2. The van der Waals surface area contributed by atoms with Crippen molar-refractivity contribution in [1.82, 2.24) is 0 Å². The van der Waals surface area contributed by atoms with Gasteiger partial charge in [-0.2, -0.15) is 12.6 Å². The summed E-state index contributed by atoms with van der Waals surface area (Å²) in [6.07, 6.45) is 1.80. The molecule has 4 heteroatoms. The van der Waals surface area contributed by atoms with Crippen LogP contribution in [-0.2, 0) is 4.74 Å². The molecule has 12 heavy (non-hydrogen) atoms. The van der Waals surface area contributed by atoms with Gasteiger partial charge in [-0.15, -0.1) is 0 Å². The summed E-state index contributed by atoms with van der Waals surface area (Å²) in [6.45, 7) is 0.0312. The van der Waals surface area contributed by atoms with Gasteiger partial charge < -0.3 is 4.74 Å².